The van der Waals surface area contributed by atoms with E-state index in [4.69, 9.17) is 5.73 Å². The molecule has 1 aliphatic rings. The predicted octanol–water partition coefficient (Wildman–Crippen LogP) is 2.49. The van der Waals surface area contributed by atoms with Crippen LogP contribution in [-0.4, -0.2) is 49.6 Å². The number of sulfone groups is 1. The largest absolute Gasteiger partial charge is 0.573 e. The summed E-state index contributed by atoms with van der Waals surface area (Å²) in [7, 11) is -4.55. The Morgan fingerprint density at radius 3 is 2.38 bits per heavy atom. The van der Waals surface area contributed by atoms with Crippen LogP contribution in [0.4, 0.5) is 27.6 Å². The van der Waals surface area contributed by atoms with Crippen molar-refractivity contribution in [3.63, 3.8) is 0 Å². The number of anilines is 1. The number of carbonyl (C=O) groups is 1. The van der Waals surface area contributed by atoms with Crippen molar-refractivity contribution in [2.24, 2.45) is 0 Å². The highest BCUT2D eigenvalue weighted by atomic mass is 32.2. The van der Waals surface area contributed by atoms with Gasteiger partial charge in [-0.2, -0.15) is 0 Å². The van der Waals surface area contributed by atoms with Crippen LogP contribution in [0.25, 0.3) is 0 Å². The zero-order valence-electron chi connectivity index (χ0n) is 14.3. The van der Waals surface area contributed by atoms with E-state index < -0.39 is 68.0 Å². The van der Waals surface area contributed by atoms with Crippen LogP contribution in [0.5, 0.6) is 5.75 Å². The van der Waals surface area contributed by atoms with Crippen LogP contribution in [0, 0.1) is 0 Å². The number of alkyl halides is 5. The topological polar surface area (TPSA) is 103 Å². The first-order valence-electron chi connectivity index (χ1n) is 7.83. The highest BCUT2D eigenvalue weighted by Gasteiger charge is 2.47. The van der Waals surface area contributed by atoms with E-state index in [0.29, 0.717) is 6.20 Å². The van der Waals surface area contributed by atoms with Crippen molar-refractivity contribution in [3.05, 3.63) is 42.2 Å². The van der Waals surface area contributed by atoms with Crippen molar-refractivity contribution in [1.29, 1.82) is 0 Å². The second kappa shape index (κ2) is 6.83. The number of hydrogen-bond donors (Lipinski definition) is 1. The number of nitrogens with zero attached hydrogens (tertiary/aromatic N) is 2. The number of ether oxygens (including phenoxy) is 1. The van der Waals surface area contributed by atoms with E-state index in [0.717, 1.165) is 29.2 Å². The van der Waals surface area contributed by atoms with Crippen LogP contribution >= 0.6 is 0 Å². The Kier molecular flexibility index (Phi) is 4.89. The van der Waals surface area contributed by atoms with Crippen molar-refractivity contribution >= 4 is 21.4 Å². The number of pyridine rings is 1. The maximum absolute atomic E-state index is 12.9. The fourth-order valence-electron chi connectivity index (χ4n) is 2.60. The second-order valence-corrected chi connectivity index (χ2v) is 8.04. The lowest BCUT2D eigenvalue weighted by molar-refractivity contribution is -0.275. The maximum Gasteiger partial charge on any atom is 0.573 e. The molecule has 2 aromatic rings. The van der Waals surface area contributed by atoms with E-state index in [2.05, 4.69) is 9.72 Å². The molecule has 1 aliphatic heterocycles. The summed E-state index contributed by atoms with van der Waals surface area (Å²) in [6.07, 6.45) is -4.42. The minimum absolute atomic E-state index is 0.430. The number of benzene rings is 1. The number of halogens is 5. The molecule has 2 N–H and O–H groups in total. The van der Waals surface area contributed by atoms with Gasteiger partial charge in [0.05, 0.1) is 23.7 Å². The van der Waals surface area contributed by atoms with Gasteiger partial charge in [0.2, 0.25) is 9.84 Å². The lowest BCUT2D eigenvalue weighted by Gasteiger charge is -2.38. The molecule has 0 aliphatic carbocycles. The zero-order valence-corrected chi connectivity index (χ0v) is 15.1. The summed E-state index contributed by atoms with van der Waals surface area (Å²) < 4.78 is 92.6. The van der Waals surface area contributed by atoms with Crippen LogP contribution in [0.3, 0.4) is 0 Å². The molecule has 29 heavy (non-hydrogen) atoms. The third-order valence-electron chi connectivity index (χ3n) is 3.90. The third kappa shape index (κ3) is 4.23. The molecule has 7 nitrogen and oxygen atoms in total. The van der Waals surface area contributed by atoms with Gasteiger partial charge in [-0.3, -0.25) is 4.79 Å². The minimum Gasteiger partial charge on any atom is -0.404 e. The summed E-state index contributed by atoms with van der Waals surface area (Å²) in [5.41, 5.74) is 4.77. The number of carbonyl (C=O) groups excluding carboxylic acids is 1. The molecule has 0 radical (unpaired) electrons. The van der Waals surface area contributed by atoms with E-state index in [1.165, 1.54) is 6.07 Å². The Balaban J connectivity index is 1.94. The molecule has 0 saturated carbocycles. The third-order valence-corrected chi connectivity index (χ3v) is 5.66. The number of amides is 1. The molecular formula is C16H12F5N3O4S. The van der Waals surface area contributed by atoms with Gasteiger partial charge in [-0.15, -0.1) is 13.2 Å². The van der Waals surface area contributed by atoms with E-state index >= 15 is 0 Å². The first-order chi connectivity index (χ1) is 13.3. The van der Waals surface area contributed by atoms with Crippen molar-refractivity contribution in [3.8, 4) is 5.75 Å². The fraction of sp³-hybridized carbons (Fsp3) is 0.250. The van der Waals surface area contributed by atoms with Gasteiger partial charge in [-0.25, -0.2) is 22.2 Å². The molecule has 1 fully saturated rings. The Hall–Kier alpha value is -2.96. The Morgan fingerprint density at radius 1 is 1.21 bits per heavy atom. The molecule has 1 aromatic heterocycles. The van der Waals surface area contributed by atoms with Crippen molar-refractivity contribution < 1.29 is 39.9 Å². The van der Waals surface area contributed by atoms with Crippen LogP contribution in [0.2, 0.25) is 0 Å². The first-order valence-corrected chi connectivity index (χ1v) is 9.31. The number of likely N-dealkylation sites (tertiary alicyclic amines) is 1. The minimum atomic E-state index is -5.13. The summed E-state index contributed by atoms with van der Waals surface area (Å²) in [5.74, 6) is -4.89. The number of rotatable bonds is 4. The normalized spacial score (nSPS) is 16.2. The number of aromatic nitrogens is 1. The maximum atomic E-state index is 12.9. The molecule has 1 saturated heterocycles. The summed E-state index contributed by atoms with van der Waals surface area (Å²) in [4.78, 5) is 15.1. The average molecular weight is 437 g/mol. The van der Waals surface area contributed by atoms with Gasteiger partial charge >= 0.3 is 6.36 Å². The number of hydrogen-bond acceptors (Lipinski definition) is 6. The molecule has 0 unspecified atom stereocenters. The van der Waals surface area contributed by atoms with Gasteiger partial charge in [-0.05, 0) is 18.2 Å². The number of nitrogen functional groups attached to an aromatic ring is 1. The van der Waals surface area contributed by atoms with Gasteiger partial charge in [0.1, 0.15) is 10.6 Å². The summed E-state index contributed by atoms with van der Waals surface area (Å²) in [6.45, 7) is -1.65. The van der Waals surface area contributed by atoms with Gasteiger partial charge in [-0.1, -0.05) is 12.1 Å². The van der Waals surface area contributed by atoms with Gasteiger partial charge < -0.3 is 15.4 Å². The fourth-order valence-corrected chi connectivity index (χ4v) is 3.96. The van der Waals surface area contributed by atoms with Crippen LogP contribution in [0.1, 0.15) is 10.5 Å². The van der Waals surface area contributed by atoms with Crippen molar-refractivity contribution in [2.45, 2.75) is 22.1 Å². The van der Waals surface area contributed by atoms with Crippen molar-refractivity contribution in [1.82, 2.24) is 9.88 Å². The van der Waals surface area contributed by atoms with Gasteiger partial charge in [0, 0.05) is 6.20 Å². The summed E-state index contributed by atoms with van der Waals surface area (Å²) in [5, 5.41) is 0. The Labute approximate surface area is 160 Å². The number of nitrogens with two attached hydrogens (primary N) is 1. The van der Waals surface area contributed by atoms with Crippen LogP contribution < -0.4 is 10.5 Å². The molecule has 156 valence electrons. The standard InChI is InChI=1S/C16H12F5N3O4S/c17-15(18)7-24(8-15)14(25)13-10(22)5-9(6-23-13)29(26,27)12-4-2-1-3-11(12)28-16(19,20)21/h1-6H,7-8,22H2. The molecule has 3 rings (SSSR count). The molecular weight excluding hydrogens is 425 g/mol. The van der Waals surface area contributed by atoms with E-state index in [-0.39, 0.29) is 0 Å². The number of para-hydroxylation sites is 1. The lowest BCUT2D eigenvalue weighted by atomic mass is 10.1. The SMILES string of the molecule is Nc1cc(S(=O)(=O)c2ccccc2OC(F)(F)F)cnc1C(=O)N1CC(F)(F)C1. The highest BCUT2D eigenvalue weighted by Crippen LogP contribution is 2.34. The van der Waals surface area contributed by atoms with Gasteiger partial charge in [0.15, 0.2) is 5.69 Å². The van der Waals surface area contributed by atoms with E-state index in [1.54, 1.807) is 0 Å². The lowest BCUT2D eigenvalue weighted by Crippen LogP contribution is -2.58. The van der Waals surface area contributed by atoms with Crippen molar-refractivity contribution in [2.75, 3.05) is 18.8 Å². The monoisotopic (exact) mass is 437 g/mol. The zero-order chi connectivity index (χ0) is 21.6. The smallest absolute Gasteiger partial charge is 0.404 e. The summed E-state index contributed by atoms with van der Waals surface area (Å²) in [6, 6.07) is 4.87. The summed E-state index contributed by atoms with van der Waals surface area (Å²) >= 11 is 0. The second-order valence-electron chi connectivity index (χ2n) is 6.12. The highest BCUT2D eigenvalue weighted by molar-refractivity contribution is 7.91. The Morgan fingerprint density at radius 2 is 1.83 bits per heavy atom. The Bertz CT molecular complexity index is 1060. The van der Waals surface area contributed by atoms with Gasteiger partial charge in [0.25, 0.3) is 11.8 Å². The van der Waals surface area contributed by atoms with Crippen LogP contribution in [-0.2, 0) is 9.84 Å². The first kappa shape index (κ1) is 20.8. The molecule has 13 heteroatoms. The molecule has 1 amide bonds. The molecule has 0 spiro atoms. The quantitative estimate of drug-likeness (QED) is 0.738. The molecule has 0 atom stereocenters. The van der Waals surface area contributed by atoms with Crippen LogP contribution in [0.15, 0.2) is 46.3 Å². The molecule has 2 heterocycles. The van der Waals surface area contributed by atoms with E-state index in [1.807, 2.05) is 0 Å². The molecule has 1 aromatic carbocycles. The predicted molar refractivity (Wildman–Crippen MR) is 88.1 cm³/mol. The van der Waals surface area contributed by atoms with E-state index in [9.17, 15) is 35.2 Å². The molecule has 0 bridgehead atoms. The average Bonchev–Trinajstić information content (AvgIpc) is 2.57.